The van der Waals surface area contributed by atoms with E-state index in [-0.39, 0.29) is 12.1 Å². The lowest BCUT2D eigenvalue weighted by molar-refractivity contribution is -0.145. The summed E-state index contributed by atoms with van der Waals surface area (Å²) in [6.07, 6.45) is 5.80. The fourth-order valence-electron chi connectivity index (χ4n) is 3.72. The Bertz CT molecular complexity index is 314. The van der Waals surface area contributed by atoms with Crippen LogP contribution in [-0.4, -0.2) is 46.2 Å². The molecule has 2 atom stereocenters. The van der Waals surface area contributed by atoms with Gasteiger partial charge in [0, 0.05) is 18.1 Å². The van der Waals surface area contributed by atoms with E-state index in [1.54, 1.807) is 0 Å². The van der Waals surface area contributed by atoms with Crippen LogP contribution in [0.4, 0.5) is 0 Å². The highest BCUT2D eigenvalue weighted by Gasteiger charge is 2.37. The molecule has 0 aromatic heterocycles. The molecule has 0 spiro atoms. The number of nitrogens with one attached hydrogen (secondary N) is 1. The van der Waals surface area contributed by atoms with Crippen molar-refractivity contribution in [2.24, 2.45) is 0 Å². The molecule has 2 unspecified atom stereocenters. The fourth-order valence-corrected chi connectivity index (χ4v) is 3.72. The van der Waals surface area contributed by atoms with Gasteiger partial charge in [0.25, 0.3) is 0 Å². The lowest BCUT2D eigenvalue weighted by atomic mass is 9.91. The Morgan fingerprint density at radius 3 is 2.30 bits per heavy atom. The number of carbonyl (C=O) groups is 1. The minimum Gasteiger partial charge on any atom is -0.480 e. The summed E-state index contributed by atoms with van der Waals surface area (Å²) in [5.41, 5.74) is -0.848. The first-order chi connectivity index (χ1) is 9.30. The maximum absolute atomic E-state index is 11.6. The molecule has 118 valence electrons. The summed E-state index contributed by atoms with van der Waals surface area (Å²) in [4.78, 5) is 14.1. The van der Waals surface area contributed by atoms with Gasteiger partial charge in [0.15, 0.2) is 0 Å². The largest absolute Gasteiger partial charge is 0.480 e. The van der Waals surface area contributed by atoms with Crippen LogP contribution in [0.1, 0.15) is 66.7 Å². The average Bonchev–Trinajstić information content (AvgIpc) is 2.82. The minimum absolute atomic E-state index is 0.171. The van der Waals surface area contributed by atoms with Gasteiger partial charge in [0.05, 0.1) is 0 Å². The molecule has 1 fully saturated rings. The van der Waals surface area contributed by atoms with Crippen LogP contribution in [0.5, 0.6) is 0 Å². The number of nitrogens with zero attached hydrogens (tertiary/aromatic N) is 1. The van der Waals surface area contributed by atoms with Crippen LogP contribution in [-0.2, 0) is 4.79 Å². The van der Waals surface area contributed by atoms with Crippen molar-refractivity contribution in [1.29, 1.82) is 0 Å². The summed E-state index contributed by atoms with van der Waals surface area (Å²) in [5, 5.41) is 12.8. The molecule has 0 aromatic carbocycles. The molecule has 1 aliphatic carbocycles. The third-order valence-corrected chi connectivity index (χ3v) is 4.51. The molecule has 0 heterocycles. The molecule has 0 aromatic rings. The van der Waals surface area contributed by atoms with Crippen LogP contribution >= 0.6 is 0 Å². The van der Waals surface area contributed by atoms with E-state index in [9.17, 15) is 9.90 Å². The first-order valence-corrected chi connectivity index (χ1v) is 8.07. The van der Waals surface area contributed by atoms with Gasteiger partial charge in [-0.05, 0) is 53.5 Å². The van der Waals surface area contributed by atoms with Gasteiger partial charge in [-0.2, -0.15) is 0 Å². The number of hydrogen-bond donors (Lipinski definition) is 2. The minimum atomic E-state index is -0.848. The monoisotopic (exact) mass is 284 g/mol. The molecular formula is C16H32N2O2. The SMILES string of the molecule is CCN(C(C)CC(C)(NC(C)C)C(=O)O)C1CCCC1. The van der Waals surface area contributed by atoms with Gasteiger partial charge in [-0.3, -0.25) is 15.0 Å². The van der Waals surface area contributed by atoms with E-state index in [0.717, 1.165) is 6.54 Å². The van der Waals surface area contributed by atoms with Gasteiger partial charge < -0.3 is 5.11 Å². The molecule has 1 rings (SSSR count). The second-order valence-corrected chi connectivity index (χ2v) is 6.76. The molecule has 0 radical (unpaired) electrons. The van der Waals surface area contributed by atoms with E-state index in [0.29, 0.717) is 12.5 Å². The lowest BCUT2D eigenvalue weighted by Gasteiger charge is -2.38. The summed E-state index contributed by atoms with van der Waals surface area (Å²) >= 11 is 0. The number of carboxylic acid groups (broad SMARTS) is 1. The smallest absolute Gasteiger partial charge is 0.323 e. The maximum atomic E-state index is 11.6. The Morgan fingerprint density at radius 2 is 1.90 bits per heavy atom. The van der Waals surface area contributed by atoms with Gasteiger partial charge in [-0.25, -0.2) is 0 Å². The van der Waals surface area contributed by atoms with Crippen molar-refractivity contribution in [3.8, 4) is 0 Å². The second-order valence-electron chi connectivity index (χ2n) is 6.76. The Labute approximate surface area is 123 Å². The maximum Gasteiger partial charge on any atom is 0.323 e. The van der Waals surface area contributed by atoms with E-state index in [1.807, 2.05) is 20.8 Å². The normalized spacial score (nSPS) is 21.4. The van der Waals surface area contributed by atoms with Gasteiger partial charge in [-0.15, -0.1) is 0 Å². The number of hydrogen-bond acceptors (Lipinski definition) is 3. The highest BCUT2D eigenvalue weighted by atomic mass is 16.4. The number of carboxylic acids is 1. The standard InChI is InChI=1S/C16H32N2O2/c1-6-18(14-9-7-8-10-14)13(4)11-16(5,15(19)20)17-12(2)3/h12-14,17H,6-11H2,1-5H3,(H,19,20). The van der Waals surface area contributed by atoms with E-state index < -0.39 is 11.5 Å². The van der Waals surface area contributed by atoms with Gasteiger partial charge >= 0.3 is 5.97 Å². The molecule has 4 heteroatoms. The fraction of sp³-hybridized carbons (Fsp3) is 0.938. The zero-order valence-corrected chi connectivity index (χ0v) is 13.8. The van der Waals surface area contributed by atoms with Crippen molar-refractivity contribution < 1.29 is 9.90 Å². The van der Waals surface area contributed by atoms with Gasteiger partial charge in [0.2, 0.25) is 0 Å². The molecule has 1 saturated carbocycles. The van der Waals surface area contributed by atoms with Crippen molar-refractivity contribution in [1.82, 2.24) is 10.2 Å². The Kier molecular flexibility index (Phi) is 6.46. The Balaban J connectivity index is 2.72. The predicted molar refractivity (Wildman–Crippen MR) is 83.0 cm³/mol. The van der Waals surface area contributed by atoms with Crippen LogP contribution in [0.2, 0.25) is 0 Å². The summed E-state index contributed by atoms with van der Waals surface area (Å²) in [6, 6.07) is 1.10. The van der Waals surface area contributed by atoms with Crippen molar-refractivity contribution >= 4 is 5.97 Å². The van der Waals surface area contributed by atoms with Crippen LogP contribution in [0.3, 0.4) is 0 Å². The van der Waals surface area contributed by atoms with Crippen LogP contribution < -0.4 is 5.32 Å². The molecule has 0 bridgehead atoms. The third kappa shape index (κ3) is 4.45. The van der Waals surface area contributed by atoms with Crippen molar-refractivity contribution in [2.45, 2.75) is 90.4 Å². The molecule has 1 aliphatic rings. The Morgan fingerprint density at radius 1 is 1.35 bits per heavy atom. The second kappa shape index (κ2) is 7.41. The predicted octanol–water partition coefficient (Wildman–Crippen LogP) is 2.87. The highest BCUT2D eigenvalue weighted by Crippen LogP contribution is 2.27. The van der Waals surface area contributed by atoms with E-state index in [4.69, 9.17) is 0 Å². The van der Waals surface area contributed by atoms with E-state index >= 15 is 0 Å². The van der Waals surface area contributed by atoms with Crippen LogP contribution in [0.15, 0.2) is 0 Å². The molecule has 4 nitrogen and oxygen atoms in total. The quantitative estimate of drug-likeness (QED) is 0.719. The Hall–Kier alpha value is -0.610. The highest BCUT2D eigenvalue weighted by molar-refractivity contribution is 5.78. The average molecular weight is 284 g/mol. The summed E-state index contributed by atoms with van der Waals surface area (Å²) in [7, 11) is 0. The topological polar surface area (TPSA) is 52.6 Å². The molecule has 2 N–H and O–H groups in total. The van der Waals surface area contributed by atoms with Gasteiger partial charge in [-0.1, -0.05) is 19.8 Å². The molecular weight excluding hydrogens is 252 g/mol. The van der Waals surface area contributed by atoms with E-state index in [1.165, 1.54) is 25.7 Å². The lowest BCUT2D eigenvalue weighted by Crippen LogP contribution is -2.56. The van der Waals surface area contributed by atoms with Gasteiger partial charge in [0.1, 0.15) is 5.54 Å². The zero-order valence-electron chi connectivity index (χ0n) is 13.8. The first kappa shape index (κ1) is 17.4. The first-order valence-electron chi connectivity index (χ1n) is 8.07. The van der Waals surface area contributed by atoms with Crippen molar-refractivity contribution in [3.05, 3.63) is 0 Å². The van der Waals surface area contributed by atoms with Crippen molar-refractivity contribution in [2.75, 3.05) is 6.54 Å². The van der Waals surface area contributed by atoms with E-state index in [2.05, 4.69) is 24.1 Å². The van der Waals surface area contributed by atoms with Crippen LogP contribution in [0.25, 0.3) is 0 Å². The molecule has 20 heavy (non-hydrogen) atoms. The number of rotatable bonds is 8. The summed E-state index contributed by atoms with van der Waals surface area (Å²) in [5.74, 6) is -0.750. The molecule has 0 saturated heterocycles. The summed E-state index contributed by atoms with van der Waals surface area (Å²) in [6.45, 7) is 11.2. The van der Waals surface area contributed by atoms with Crippen molar-refractivity contribution in [3.63, 3.8) is 0 Å². The summed E-state index contributed by atoms with van der Waals surface area (Å²) < 4.78 is 0. The third-order valence-electron chi connectivity index (χ3n) is 4.51. The molecule has 0 amide bonds. The zero-order chi connectivity index (χ0) is 15.3. The molecule has 0 aliphatic heterocycles. The number of aliphatic carboxylic acids is 1. The van der Waals surface area contributed by atoms with Crippen LogP contribution in [0, 0.1) is 0 Å².